The van der Waals surface area contributed by atoms with Crippen LogP contribution in [0, 0.1) is 5.92 Å². The van der Waals surface area contributed by atoms with Crippen molar-refractivity contribution in [1.29, 1.82) is 0 Å². The zero-order chi connectivity index (χ0) is 13.7. The fourth-order valence-electron chi connectivity index (χ4n) is 3.13. The highest BCUT2D eigenvalue weighted by Crippen LogP contribution is 2.26. The highest BCUT2D eigenvalue weighted by Gasteiger charge is 2.31. The minimum absolute atomic E-state index is 0.658. The normalized spacial score (nSPS) is 37.4. The van der Waals surface area contributed by atoms with Crippen molar-refractivity contribution in [3.63, 3.8) is 0 Å². The molecule has 2 aliphatic heterocycles. The van der Waals surface area contributed by atoms with E-state index in [1.807, 2.05) is 0 Å². The van der Waals surface area contributed by atoms with Crippen molar-refractivity contribution in [3.8, 4) is 0 Å². The third kappa shape index (κ3) is 4.35. The Morgan fingerprint density at radius 1 is 1.37 bits per heavy atom. The SMILES string of the molecule is CCCNC1CCOCC1CN1CCSC(C)C1C. The second-order valence-electron chi connectivity index (χ2n) is 6.00. The molecule has 2 saturated heterocycles. The van der Waals surface area contributed by atoms with Gasteiger partial charge in [0.1, 0.15) is 0 Å². The molecule has 19 heavy (non-hydrogen) atoms. The first-order valence-corrected chi connectivity index (χ1v) is 8.94. The molecule has 0 aromatic rings. The van der Waals surface area contributed by atoms with Gasteiger partial charge in [0.25, 0.3) is 0 Å². The van der Waals surface area contributed by atoms with Gasteiger partial charge in [-0.1, -0.05) is 13.8 Å². The summed E-state index contributed by atoms with van der Waals surface area (Å²) < 4.78 is 5.72. The average Bonchev–Trinajstić information content (AvgIpc) is 2.43. The van der Waals surface area contributed by atoms with E-state index >= 15 is 0 Å². The zero-order valence-corrected chi connectivity index (χ0v) is 13.5. The van der Waals surface area contributed by atoms with Crippen LogP contribution >= 0.6 is 11.8 Å². The molecule has 112 valence electrons. The largest absolute Gasteiger partial charge is 0.381 e. The van der Waals surface area contributed by atoms with Crippen LogP contribution in [0.4, 0.5) is 0 Å². The van der Waals surface area contributed by atoms with Crippen molar-refractivity contribution >= 4 is 11.8 Å². The van der Waals surface area contributed by atoms with Gasteiger partial charge in [0.05, 0.1) is 6.61 Å². The smallest absolute Gasteiger partial charge is 0.0521 e. The first-order valence-electron chi connectivity index (χ1n) is 7.89. The Morgan fingerprint density at radius 3 is 3.00 bits per heavy atom. The van der Waals surface area contributed by atoms with E-state index in [1.165, 1.54) is 31.7 Å². The Hall–Kier alpha value is 0.230. The van der Waals surface area contributed by atoms with Gasteiger partial charge in [-0.15, -0.1) is 0 Å². The Bertz CT molecular complexity index is 265. The van der Waals surface area contributed by atoms with Crippen LogP contribution < -0.4 is 5.32 Å². The molecule has 0 saturated carbocycles. The summed E-state index contributed by atoms with van der Waals surface area (Å²) in [5, 5.41) is 4.49. The van der Waals surface area contributed by atoms with Crippen molar-refractivity contribution in [3.05, 3.63) is 0 Å². The predicted molar refractivity (Wildman–Crippen MR) is 84.0 cm³/mol. The lowest BCUT2D eigenvalue weighted by Gasteiger charge is -2.42. The second kappa shape index (κ2) is 7.87. The van der Waals surface area contributed by atoms with E-state index in [9.17, 15) is 0 Å². The highest BCUT2D eigenvalue weighted by molar-refractivity contribution is 8.00. The van der Waals surface area contributed by atoms with E-state index in [-0.39, 0.29) is 0 Å². The quantitative estimate of drug-likeness (QED) is 0.837. The van der Waals surface area contributed by atoms with Gasteiger partial charge in [-0.25, -0.2) is 0 Å². The standard InChI is InChI=1S/C15H30N2OS/c1-4-6-16-15-5-8-18-11-14(15)10-17-7-9-19-13(3)12(17)2/h12-16H,4-11H2,1-3H3. The third-order valence-electron chi connectivity index (χ3n) is 4.61. The van der Waals surface area contributed by atoms with Gasteiger partial charge in [0.15, 0.2) is 0 Å². The van der Waals surface area contributed by atoms with Gasteiger partial charge >= 0.3 is 0 Å². The lowest BCUT2D eigenvalue weighted by Crippen LogP contribution is -2.52. The van der Waals surface area contributed by atoms with Crippen LogP contribution in [0.2, 0.25) is 0 Å². The van der Waals surface area contributed by atoms with E-state index in [2.05, 4.69) is 42.7 Å². The average molecular weight is 286 g/mol. The number of nitrogens with one attached hydrogen (secondary N) is 1. The maximum absolute atomic E-state index is 5.72. The first-order chi connectivity index (χ1) is 9.22. The number of hydrogen-bond acceptors (Lipinski definition) is 4. The first kappa shape index (κ1) is 15.6. The van der Waals surface area contributed by atoms with Gasteiger partial charge in [-0.05, 0) is 26.3 Å². The molecule has 4 unspecified atom stereocenters. The fourth-order valence-corrected chi connectivity index (χ4v) is 4.29. The molecular formula is C15H30N2OS. The molecule has 0 aromatic heterocycles. The highest BCUT2D eigenvalue weighted by atomic mass is 32.2. The molecule has 4 atom stereocenters. The monoisotopic (exact) mass is 286 g/mol. The number of hydrogen-bond donors (Lipinski definition) is 1. The van der Waals surface area contributed by atoms with E-state index in [1.54, 1.807) is 0 Å². The summed E-state index contributed by atoms with van der Waals surface area (Å²) in [6.07, 6.45) is 2.40. The summed E-state index contributed by atoms with van der Waals surface area (Å²) in [7, 11) is 0. The Balaban J connectivity index is 1.87. The van der Waals surface area contributed by atoms with Crippen LogP contribution in [-0.2, 0) is 4.74 Å². The molecule has 4 heteroatoms. The number of nitrogens with zero attached hydrogens (tertiary/aromatic N) is 1. The van der Waals surface area contributed by atoms with E-state index < -0.39 is 0 Å². The summed E-state index contributed by atoms with van der Waals surface area (Å²) in [5.41, 5.74) is 0. The van der Waals surface area contributed by atoms with Crippen molar-refractivity contribution in [2.45, 2.75) is 50.9 Å². The van der Waals surface area contributed by atoms with Crippen molar-refractivity contribution in [2.24, 2.45) is 5.92 Å². The molecule has 2 fully saturated rings. The summed E-state index contributed by atoms with van der Waals surface area (Å²) >= 11 is 2.12. The molecule has 0 aliphatic carbocycles. The molecule has 0 radical (unpaired) electrons. The summed E-state index contributed by atoms with van der Waals surface area (Å²) in [6.45, 7) is 12.4. The van der Waals surface area contributed by atoms with E-state index in [0.29, 0.717) is 18.0 Å². The molecule has 0 aromatic carbocycles. The van der Waals surface area contributed by atoms with Gasteiger partial charge < -0.3 is 10.1 Å². The van der Waals surface area contributed by atoms with Gasteiger partial charge in [-0.3, -0.25) is 4.90 Å². The van der Waals surface area contributed by atoms with Gasteiger partial charge in [0, 0.05) is 48.7 Å². The van der Waals surface area contributed by atoms with Crippen LogP contribution in [0.25, 0.3) is 0 Å². The molecular weight excluding hydrogens is 256 g/mol. The van der Waals surface area contributed by atoms with Crippen LogP contribution in [0.3, 0.4) is 0 Å². The second-order valence-corrected chi connectivity index (χ2v) is 7.48. The van der Waals surface area contributed by atoms with E-state index in [0.717, 1.165) is 25.0 Å². The molecule has 1 N–H and O–H groups in total. The minimum Gasteiger partial charge on any atom is -0.381 e. The Morgan fingerprint density at radius 2 is 2.21 bits per heavy atom. The Labute approximate surface area is 122 Å². The maximum Gasteiger partial charge on any atom is 0.0521 e. The van der Waals surface area contributed by atoms with Crippen molar-refractivity contribution < 1.29 is 4.74 Å². The number of rotatable bonds is 5. The molecule has 3 nitrogen and oxygen atoms in total. The van der Waals surface area contributed by atoms with Crippen LogP contribution in [-0.4, -0.2) is 60.8 Å². The Kier molecular flexibility index (Phi) is 6.46. The topological polar surface area (TPSA) is 24.5 Å². The van der Waals surface area contributed by atoms with E-state index in [4.69, 9.17) is 4.74 Å². The molecule has 2 rings (SSSR count). The lowest BCUT2D eigenvalue weighted by atomic mass is 9.94. The van der Waals surface area contributed by atoms with Gasteiger partial charge in [0.2, 0.25) is 0 Å². The maximum atomic E-state index is 5.72. The van der Waals surface area contributed by atoms with Crippen molar-refractivity contribution in [1.82, 2.24) is 10.2 Å². The number of ether oxygens (including phenoxy) is 1. The molecule has 0 amide bonds. The van der Waals surface area contributed by atoms with Gasteiger partial charge in [-0.2, -0.15) is 11.8 Å². The van der Waals surface area contributed by atoms with Crippen LogP contribution in [0.15, 0.2) is 0 Å². The predicted octanol–water partition coefficient (Wildman–Crippen LogP) is 2.22. The summed E-state index contributed by atoms with van der Waals surface area (Å²) in [6, 6.07) is 1.36. The summed E-state index contributed by atoms with van der Waals surface area (Å²) in [4.78, 5) is 2.68. The summed E-state index contributed by atoms with van der Waals surface area (Å²) in [5.74, 6) is 1.95. The molecule has 2 aliphatic rings. The van der Waals surface area contributed by atoms with Crippen LogP contribution in [0.1, 0.15) is 33.6 Å². The molecule has 2 heterocycles. The fraction of sp³-hybridized carbons (Fsp3) is 1.00. The lowest BCUT2D eigenvalue weighted by molar-refractivity contribution is 0.0116. The van der Waals surface area contributed by atoms with Crippen molar-refractivity contribution in [2.75, 3.05) is 38.6 Å². The molecule has 0 spiro atoms. The van der Waals surface area contributed by atoms with Crippen LogP contribution in [0.5, 0.6) is 0 Å². The third-order valence-corrected chi connectivity index (χ3v) is 5.95. The minimum atomic E-state index is 0.658. The zero-order valence-electron chi connectivity index (χ0n) is 12.7. The molecule has 0 bridgehead atoms. The number of thioether (sulfide) groups is 1.